The van der Waals surface area contributed by atoms with Crippen LogP contribution in [0.2, 0.25) is 0 Å². The first kappa shape index (κ1) is 19.1. The zero-order valence-corrected chi connectivity index (χ0v) is 16.0. The molecule has 1 atom stereocenters. The number of hydrogen-bond donors (Lipinski definition) is 1. The Kier molecular flexibility index (Phi) is 6.24. The fourth-order valence-electron chi connectivity index (χ4n) is 3.35. The van der Waals surface area contributed by atoms with Crippen molar-refractivity contribution in [3.8, 4) is 0 Å². The van der Waals surface area contributed by atoms with E-state index in [1.807, 2.05) is 44.4 Å². The van der Waals surface area contributed by atoms with Crippen molar-refractivity contribution in [1.82, 2.24) is 10.2 Å². The fourth-order valence-corrected chi connectivity index (χ4v) is 3.35. The summed E-state index contributed by atoms with van der Waals surface area (Å²) in [6, 6.07) is 17.8. The van der Waals surface area contributed by atoms with Crippen LogP contribution in [0.4, 0.5) is 5.69 Å². The lowest BCUT2D eigenvalue weighted by Crippen LogP contribution is -2.41. The molecule has 27 heavy (non-hydrogen) atoms. The van der Waals surface area contributed by atoms with Crippen LogP contribution in [-0.2, 0) is 11.2 Å². The minimum absolute atomic E-state index is 0.0887. The molecule has 1 aliphatic rings. The molecule has 2 aromatic rings. The Morgan fingerprint density at radius 1 is 1.11 bits per heavy atom. The summed E-state index contributed by atoms with van der Waals surface area (Å²) in [4.78, 5) is 28.3. The van der Waals surface area contributed by atoms with Crippen LogP contribution >= 0.6 is 0 Å². The van der Waals surface area contributed by atoms with Gasteiger partial charge in [-0.15, -0.1) is 0 Å². The number of benzene rings is 2. The molecule has 1 heterocycles. The normalized spacial score (nSPS) is 15.2. The highest BCUT2D eigenvalue weighted by atomic mass is 16.2. The lowest BCUT2D eigenvalue weighted by atomic mass is 10.0. The van der Waals surface area contributed by atoms with E-state index in [1.165, 1.54) is 5.56 Å². The SMILES string of the molecule is CN(C)[C@@H](CNC(=O)c1ccc(N2CCCC2=O)cc1)Cc1ccccc1. The van der Waals surface area contributed by atoms with Crippen LogP contribution in [0.15, 0.2) is 54.6 Å². The van der Waals surface area contributed by atoms with Crippen molar-refractivity contribution in [2.75, 3.05) is 32.1 Å². The number of anilines is 1. The molecule has 0 aliphatic carbocycles. The predicted octanol–water partition coefficient (Wildman–Crippen LogP) is 2.72. The second-order valence-corrected chi connectivity index (χ2v) is 7.21. The minimum atomic E-state index is -0.0887. The van der Waals surface area contributed by atoms with Gasteiger partial charge >= 0.3 is 0 Å². The molecule has 142 valence electrons. The quantitative estimate of drug-likeness (QED) is 0.821. The molecule has 2 aromatic carbocycles. The molecule has 0 unspecified atom stereocenters. The van der Waals surface area contributed by atoms with Gasteiger partial charge in [-0.25, -0.2) is 0 Å². The Hall–Kier alpha value is -2.66. The summed E-state index contributed by atoms with van der Waals surface area (Å²) < 4.78 is 0. The Morgan fingerprint density at radius 3 is 2.41 bits per heavy atom. The molecule has 0 radical (unpaired) electrons. The highest BCUT2D eigenvalue weighted by molar-refractivity contribution is 5.97. The molecule has 0 saturated carbocycles. The Bertz CT molecular complexity index is 772. The number of carbonyl (C=O) groups is 2. The van der Waals surface area contributed by atoms with Gasteiger partial charge < -0.3 is 15.1 Å². The third kappa shape index (κ3) is 4.95. The summed E-state index contributed by atoms with van der Waals surface area (Å²) >= 11 is 0. The monoisotopic (exact) mass is 365 g/mol. The highest BCUT2D eigenvalue weighted by Crippen LogP contribution is 2.21. The van der Waals surface area contributed by atoms with Gasteiger partial charge in [0, 0.05) is 36.8 Å². The van der Waals surface area contributed by atoms with Gasteiger partial charge in [-0.3, -0.25) is 9.59 Å². The maximum Gasteiger partial charge on any atom is 0.251 e. The standard InChI is InChI=1S/C22H27N3O2/c1-24(2)20(15-17-7-4-3-5-8-17)16-23-22(27)18-10-12-19(13-11-18)25-14-6-9-21(25)26/h3-5,7-8,10-13,20H,6,9,14-16H2,1-2H3,(H,23,27)/t20-/m1/s1. The topological polar surface area (TPSA) is 52.7 Å². The Balaban J connectivity index is 1.58. The summed E-state index contributed by atoms with van der Waals surface area (Å²) in [6.45, 7) is 1.33. The van der Waals surface area contributed by atoms with Crippen LogP contribution < -0.4 is 10.2 Å². The molecule has 3 rings (SSSR count). The molecular formula is C22H27N3O2. The van der Waals surface area contributed by atoms with Gasteiger partial charge in [0.2, 0.25) is 5.91 Å². The minimum Gasteiger partial charge on any atom is -0.350 e. The smallest absolute Gasteiger partial charge is 0.251 e. The first-order valence-electron chi connectivity index (χ1n) is 9.43. The van der Waals surface area contributed by atoms with Gasteiger partial charge in [0.1, 0.15) is 0 Å². The molecule has 1 aliphatic heterocycles. The summed E-state index contributed by atoms with van der Waals surface area (Å²) in [7, 11) is 4.06. The first-order valence-corrected chi connectivity index (χ1v) is 9.43. The number of nitrogens with one attached hydrogen (secondary N) is 1. The molecule has 5 nitrogen and oxygen atoms in total. The second-order valence-electron chi connectivity index (χ2n) is 7.21. The van der Waals surface area contributed by atoms with Crippen molar-refractivity contribution in [2.45, 2.75) is 25.3 Å². The summed E-state index contributed by atoms with van der Waals surface area (Å²) in [5, 5.41) is 3.04. The molecule has 1 fully saturated rings. The van der Waals surface area contributed by atoms with Crippen LogP contribution in [0.1, 0.15) is 28.8 Å². The van der Waals surface area contributed by atoms with Gasteiger partial charge in [-0.2, -0.15) is 0 Å². The van der Waals surface area contributed by atoms with E-state index in [9.17, 15) is 9.59 Å². The van der Waals surface area contributed by atoms with Crippen molar-refractivity contribution >= 4 is 17.5 Å². The molecule has 0 bridgehead atoms. The zero-order chi connectivity index (χ0) is 19.2. The molecule has 1 saturated heterocycles. The van der Waals surface area contributed by atoms with Crippen LogP contribution in [0, 0.1) is 0 Å². The van der Waals surface area contributed by atoms with Crippen LogP contribution in [0.25, 0.3) is 0 Å². The van der Waals surface area contributed by atoms with Crippen LogP contribution in [-0.4, -0.2) is 49.9 Å². The Morgan fingerprint density at radius 2 is 1.81 bits per heavy atom. The fraction of sp³-hybridized carbons (Fsp3) is 0.364. The van der Waals surface area contributed by atoms with E-state index in [1.54, 1.807) is 17.0 Å². The van der Waals surface area contributed by atoms with E-state index in [0.717, 1.165) is 25.1 Å². The van der Waals surface area contributed by atoms with E-state index in [0.29, 0.717) is 18.5 Å². The van der Waals surface area contributed by atoms with Gasteiger partial charge in [-0.05, 0) is 56.8 Å². The van der Waals surface area contributed by atoms with Crippen molar-refractivity contribution in [2.24, 2.45) is 0 Å². The van der Waals surface area contributed by atoms with Gasteiger partial charge in [-0.1, -0.05) is 30.3 Å². The molecule has 0 spiro atoms. The number of likely N-dealkylation sites (N-methyl/N-ethyl adjacent to an activating group) is 1. The molecular weight excluding hydrogens is 338 g/mol. The zero-order valence-electron chi connectivity index (χ0n) is 16.0. The second kappa shape index (κ2) is 8.82. The average Bonchev–Trinajstić information content (AvgIpc) is 3.11. The van der Waals surface area contributed by atoms with E-state index >= 15 is 0 Å². The van der Waals surface area contributed by atoms with Gasteiger partial charge in [0.25, 0.3) is 5.91 Å². The highest BCUT2D eigenvalue weighted by Gasteiger charge is 2.21. The summed E-state index contributed by atoms with van der Waals surface area (Å²) in [6.07, 6.45) is 2.38. The van der Waals surface area contributed by atoms with Gasteiger partial charge in [0.05, 0.1) is 0 Å². The average molecular weight is 365 g/mol. The number of carbonyl (C=O) groups excluding carboxylic acids is 2. The lowest BCUT2D eigenvalue weighted by Gasteiger charge is -2.25. The number of amides is 2. The van der Waals surface area contributed by atoms with Crippen molar-refractivity contribution < 1.29 is 9.59 Å². The third-order valence-electron chi connectivity index (χ3n) is 5.06. The predicted molar refractivity (Wildman–Crippen MR) is 108 cm³/mol. The largest absolute Gasteiger partial charge is 0.350 e. The molecule has 1 N–H and O–H groups in total. The molecule has 5 heteroatoms. The third-order valence-corrected chi connectivity index (χ3v) is 5.06. The molecule has 0 aromatic heterocycles. The molecule has 2 amide bonds. The van der Waals surface area contributed by atoms with E-state index < -0.39 is 0 Å². The van der Waals surface area contributed by atoms with Crippen LogP contribution in [0.5, 0.6) is 0 Å². The van der Waals surface area contributed by atoms with E-state index in [4.69, 9.17) is 0 Å². The number of nitrogens with zero attached hydrogens (tertiary/aromatic N) is 2. The van der Waals surface area contributed by atoms with E-state index in [2.05, 4.69) is 22.3 Å². The summed E-state index contributed by atoms with van der Waals surface area (Å²) in [5.74, 6) is 0.0659. The number of rotatable bonds is 7. The number of hydrogen-bond acceptors (Lipinski definition) is 3. The van der Waals surface area contributed by atoms with Gasteiger partial charge in [0.15, 0.2) is 0 Å². The van der Waals surface area contributed by atoms with Crippen molar-refractivity contribution in [3.05, 3.63) is 65.7 Å². The van der Waals surface area contributed by atoms with Crippen molar-refractivity contribution in [1.29, 1.82) is 0 Å². The summed E-state index contributed by atoms with van der Waals surface area (Å²) in [5.41, 5.74) is 2.73. The Labute approximate surface area is 161 Å². The maximum atomic E-state index is 12.5. The van der Waals surface area contributed by atoms with E-state index in [-0.39, 0.29) is 17.9 Å². The van der Waals surface area contributed by atoms with Crippen LogP contribution in [0.3, 0.4) is 0 Å². The maximum absolute atomic E-state index is 12.5. The lowest BCUT2D eigenvalue weighted by molar-refractivity contribution is -0.117. The van der Waals surface area contributed by atoms with Crippen molar-refractivity contribution in [3.63, 3.8) is 0 Å². The first-order chi connectivity index (χ1) is 13.0.